The summed E-state index contributed by atoms with van der Waals surface area (Å²) < 4.78 is 25.9. The van der Waals surface area contributed by atoms with Crippen LogP contribution in [0.4, 0.5) is 8.78 Å². The second-order valence-electron chi connectivity index (χ2n) is 3.97. The minimum absolute atomic E-state index is 0.178. The van der Waals surface area contributed by atoms with Crippen molar-refractivity contribution in [1.82, 2.24) is 0 Å². The molecule has 0 aliphatic rings. The molecule has 0 N–H and O–H groups in total. The lowest BCUT2D eigenvalue weighted by molar-refractivity contribution is 0.155. The third-order valence-electron chi connectivity index (χ3n) is 2.85. The summed E-state index contributed by atoms with van der Waals surface area (Å²) in [5, 5.41) is 2.29. The van der Waals surface area contributed by atoms with Crippen molar-refractivity contribution in [2.75, 3.05) is 0 Å². The van der Waals surface area contributed by atoms with Crippen LogP contribution in [0.15, 0.2) is 47.3 Å². The third-order valence-corrected chi connectivity index (χ3v) is 3.95. The zero-order chi connectivity index (χ0) is 12.7. The molecule has 0 radical (unpaired) electrons. The van der Waals surface area contributed by atoms with E-state index in [1.54, 1.807) is 6.07 Å². The van der Waals surface area contributed by atoms with E-state index in [0.29, 0.717) is 10.1 Å². The molecule has 0 fully saturated rings. The Morgan fingerprint density at radius 3 is 2.61 bits per heavy atom. The quantitative estimate of drug-likeness (QED) is 0.596. The molecule has 0 bridgehead atoms. The smallest absolute Gasteiger partial charge is 0.272 e. The molecule has 2 aromatic carbocycles. The van der Waals surface area contributed by atoms with Gasteiger partial charge in [-0.25, -0.2) is 8.78 Å². The second kappa shape index (κ2) is 4.14. The Hall–Kier alpha value is -1.81. The van der Waals surface area contributed by atoms with E-state index in [1.165, 1.54) is 0 Å². The molecule has 0 spiro atoms. The lowest BCUT2D eigenvalue weighted by Crippen LogP contribution is -2.01. The van der Waals surface area contributed by atoms with Crippen molar-refractivity contribution < 1.29 is 8.78 Å². The van der Waals surface area contributed by atoms with Crippen LogP contribution in [-0.2, 0) is 0 Å². The maximum atomic E-state index is 12.7. The zero-order valence-electron chi connectivity index (χ0n) is 9.19. The second-order valence-corrected chi connectivity index (χ2v) is 5.09. The Labute approximate surface area is 105 Å². The van der Waals surface area contributed by atoms with Gasteiger partial charge in [0.25, 0.3) is 6.43 Å². The molecule has 18 heavy (non-hydrogen) atoms. The van der Waals surface area contributed by atoms with Gasteiger partial charge in [0.15, 0.2) is 5.43 Å². The molecule has 90 valence electrons. The molecule has 4 heteroatoms. The van der Waals surface area contributed by atoms with Crippen molar-refractivity contribution in [3.05, 3.63) is 57.6 Å². The summed E-state index contributed by atoms with van der Waals surface area (Å²) in [4.78, 5) is 11.8. The van der Waals surface area contributed by atoms with E-state index in [2.05, 4.69) is 0 Å². The summed E-state index contributed by atoms with van der Waals surface area (Å²) in [5.74, 6) is 0. The van der Waals surface area contributed by atoms with E-state index >= 15 is 0 Å². The first-order valence-electron chi connectivity index (χ1n) is 5.40. The van der Waals surface area contributed by atoms with Gasteiger partial charge >= 0.3 is 0 Å². The molecule has 0 saturated heterocycles. The Morgan fingerprint density at radius 1 is 1.06 bits per heavy atom. The van der Waals surface area contributed by atoms with Gasteiger partial charge in [-0.15, -0.1) is 11.3 Å². The van der Waals surface area contributed by atoms with Crippen LogP contribution < -0.4 is 5.43 Å². The SMILES string of the molecule is O=c1cc(C(F)F)sc2ccc3ccccc3c12. The minimum Gasteiger partial charge on any atom is -0.289 e. The summed E-state index contributed by atoms with van der Waals surface area (Å²) in [6.07, 6.45) is -2.60. The molecule has 0 unspecified atom stereocenters. The molecular weight excluding hydrogens is 254 g/mol. The lowest BCUT2D eigenvalue weighted by atomic mass is 10.1. The topological polar surface area (TPSA) is 17.1 Å². The van der Waals surface area contributed by atoms with E-state index < -0.39 is 6.43 Å². The van der Waals surface area contributed by atoms with Crippen LogP contribution in [-0.4, -0.2) is 0 Å². The van der Waals surface area contributed by atoms with Crippen LogP contribution in [0.5, 0.6) is 0 Å². The van der Waals surface area contributed by atoms with Gasteiger partial charge in [-0.3, -0.25) is 4.79 Å². The predicted octanol–water partition coefficient (Wildman–Crippen LogP) is 4.35. The number of rotatable bonds is 1. The van der Waals surface area contributed by atoms with Crippen molar-refractivity contribution in [3.63, 3.8) is 0 Å². The first kappa shape index (κ1) is 11.3. The lowest BCUT2D eigenvalue weighted by Gasteiger charge is -2.04. The van der Waals surface area contributed by atoms with E-state index in [1.807, 2.05) is 30.3 Å². The number of benzene rings is 2. The van der Waals surface area contributed by atoms with Gasteiger partial charge in [-0.2, -0.15) is 0 Å². The molecule has 0 atom stereocenters. The van der Waals surface area contributed by atoms with Crippen molar-refractivity contribution in [1.29, 1.82) is 0 Å². The molecule has 3 aromatic rings. The highest BCUT2D eigenvalue weighted by molar-refractivity contribution is 7.18. The van der Waals surface area contributed by atoms with Gasteiger partial charge in [0.1, 0.15) is 0 Å². The van der Waals surface area contributed by atoms with Gasteiger partial charge in [0, 0.05) is 16.2 Å². The summed E-state index contributed by atoms with van der Waals surface area (Å²) in [6, 6.07) is 12.1. The summed E-state index contributed by atoms with van der Waals surface area (Å²) >= 11 is 0.974. The van der Waals surface area contributed by atoms with Crippen molar-refractivity contribution in [3.8, 4) is 0 Å². The number of alkyl halides is 2. The summed E-state index contributed by atoms with van der Waals surface area (Å²) in [7, 11) is 0. The molecule has 1 heterocycles. The number of hydrogen-bond acceptors (Lipinski definition) is 2. The Balaban J connectivity index is 2.49. The highest BCUT2D eigenvalue weighted by Crippen LogP contribution is 2.30. The van der Waals surface area contributed by atoms with E-state index in [9.17, 15) is 13.6 Å². The largest absolute Gasteiger partial charge is 0.289 e. The van der Waals surface area contributed by atoms with E-state index in [-0.39, 0.29) is 10.3 Å². The number of hydrogen-bond donors (Lipinski definition) is 0. The molecule has 1 aromatic heterocycles. The van der Waals surface area contributed by atoms with Crippen LogP contribution in [0.25, 0.3) is 20.9 Å². The van der Waals surface area contributed by atoms with Crippen molar-refractivity contribution in [2.24, 2.45) is 0 Å². The van der Waals surface area contributed by atoms with Crippen LogP contribution in [0.1, 0.15) is 11.3 Å². The fourth-order valence-electron chi connectivity index (χ4n) is 2.06. The summed E-state index contributed by atoms with van der Waals surface area (Å²) in [6.45, 7) is 0. The van der Waals surface area contributed by atoms with Gasteiger partial charge < -0.3 is 0 Å². The van der Waals surface area contributed by atoms with Gasteiger partial charge in [0.2, 0.25) is 0 Å². The molecule has 0 amide bonds. The minimum atomic E-state index is -2.60. The van der Waals surface area contributed by atoms with E-state index in [0.717, 1.165) is 28.2 Å². The molecule has 3 rings (SSSR count). The standard InChI is InChI=1S/C14H8F2OS/c15-14(16)12-7-10(17)13-9-4-2-1-3-8(9)5-6-11(13)18-12/h1-7,14H. The molecule has 0 aliphatic heterocycles. The van der Waals surface area contributed by atoms with Crippen molar-refractivity contribution in [2.45, 2.75) is 6.43 Å². The Morgan fingerprint density at radius 2 is 1.83 bits per heavy atom. The number of halogens is 2. The maximum absolute atomic E-state index is 12.7. The predicted molar refractivity (Wildman–Crippen MR) is 70.6 cm³/mol. The number of fused-ring (bicyclic) bond motifs is 3. The van der Waals surface area contributed by atoms with Gasteiger partial charge in [-0.1, -0.05) is 30.3 Å². The molecule has 1 nitrogen and oxygen atoms in total. The van der Waals surface area contributed by atoms with Gasteiger partial charge in [-0.05, 0) is 16.8 Å². The normalized spacial score (nSPS) is 11.5. The van der Waals surface area contributed by atoms with Crippen LogP contribution >= 0.6 is 11.3 Å². The monoisotopic (exact) mass is 262 g/mol. The highest BCUT2D eigenvalue weighted by atomic mass is 32.1. The van der Waals surface area contributed by atoms with Crippen LogP contribution in [0.3, 0.4) is 0 Å². The Kier molecular flexibility index (Phi) is 2.59. The fourth-order valence-corrected chi connectivity index (χ4v) is 3.01. The molecule has 0 saturated carbocycles. The van der Waals surface area contributed by atoms with E-state index in [4.69, 9.17) is 0 Å². The van der Waals surface area contributed by atoms with Crippen LogP contribution in [0, 0.1) is 0 Å². The van der Waals surface area contributed by atoms with Crippen LogP contribution in [0.2, 0.25) is 0 Å². The average molecular weight is 262 g/mol. The first-order chi connectivity index (χ1) is 8.66. The molecular formula is C14H8F2OS. The third kappa shape index (κ3) is 1.69. The summed E-state index contributed by atoms with van der Waals surface area (Å²) in [5.41, 5.74) is -0.337. The zero-order valence-corrected chi connectivity index (χ0v) is 10.0. The highest BCUT2D eigenvalue weighted by Gasteiger charge is 2.12. The molecule has 0 aliphatic carbocycles. The average Bonchev–Trinajstić information content (AvgIpc) is 2.37. The Bertz CT molecular complexity index is 793. The van der Waals surface area contributed by atoms with Crippen molar-refractivity contribution >= 4 is 32.2 Å². The maximum Gasteiger partial charge on any atom is 0.272 e. The van der Waals surface area contributed by atoms with Gasteiger partial charge in [0.05, 0.1) is 4.88 Å². The first-order valence-corrected chi connectivity index (χ1v) is 6.22. The fraction of sp³-hybridized carbons (Fsp3) is 0.0714.